The molecule has 1 aromatic carbocycles. The van der Waals surface area contributed by atoms with Gasteiger partial charge in [0.2, 0.25) is 0 Å². The van der Waals surface area contributed by atoms with Crippen molar-refractivity contribution in [3.8, 4) is 5.75 Å². The third kappa shape index (κ3) is 5.47. The van der Waals surface area contributed by atoms with E-state index in [1.54, 1.807) is 7.11 Å². The zero-order chi connectivity index (χ0) is 19.9. The highest BCUT2D eigenvalue weighted by Gasteiger charge is 2.19. The molecule has 7 heteroatoms. The van der Waals surface area contributed by atoms with Crippen molar-refractivity contribution in [1.29, 1.82) is 0 Å². The maximum Gasteiger partial charge on any atom is 0.192 e. The van der Waals surface area contributed by atoms with Gasteiger partial charge in [0.05, 0.1) is 20.2 Å². The van der Waals surface area contributed by atoms with Crippen LogP contribution in [0.3, 0.4) is 0 Å². The van der Waals surface area contributed by atoms with Gasteiger partial charge in [0.15, 0.2) is 11.8 Å². The molecular weight excluding hydrogens is 352 g/mol. The maximum atomic E-state index is 5.23. The van der Waals surface area contributed by atoms with Gasteiger partial charge in [-0.15, -0.1) is 10.2 Å². The van der Waals surface area contributed by atoms with Crippen molar-refractivity contribution < 1.29 is 4.74 Å². The number of nitrogens with zero attached hydrogens (tertiary/aromatic N) is 4. The Balaban J connectivity index is 1.66. The largest absolute Gasteiger partial charge is 0.497 e. The molecule has 152 valence electrons. The van der Waals surface area contributed by atoms with Crippen molar-refractivity contribution in [1.82, 2.24) is 25.4 Å². The third-order valence-corrected chi connectivity index (χ3v) is 5.53. The Kier molecular flexibility index (Phi) is 6.90. The number of methoxy groups -OCH3 is 1. The number of hydrogen-bond donors (Lipinski definition) is 2. The van der Waals surface area contributed by atoms with Gasteiger partial charge in [0, 0.05) is 13.1 Å². The fourth-order valence-electron chi connectivity index (χ4n) is 3.42. The summed E-state index contributed by atoms with van der Waals surface area (Å²) in [5.74, 6) is 4.32. The van der Waals surface area contributed by atoms with Gasteiger partial charge in [-0.05, 0) is 56.2 Å². The van der Waals surface area contributed by atoms with E-state index in [1.165, 1.54) is 25.7 Å². The van der Waals surface area contributed by atoms with Gasteiger partial charge < -0.3 is 19.9 Å². The SMILES string of the molecule is COc1ccc(CN=C(NCc2nnc(C)n2C)NC2CCC(C)CC2)cc1. The molecule has 0 unspecified atom stereocenters. The van der Waals surface area contributed by atoms with Crippen LogP contribution in [0.2, 0.25) is 0 Å². The van der Waals surface area contributed by atoms with Gasteiger partial charge in [-0.1, -0.05) is 19.1 Å². The van der Waals surface area contributed by atoms with E-state index in [1.807, 2.05) is 42.8 Å². The van der Waals surface area contributed by atoms with Crippen molar-refractivity contribution in [3.63, 3.8) is 0 Å². The lowest BCUT2D eigenvalue weighted by molar-refractivity contribution is 0.329. The number of benzene rings is 1. The molecule has 1 fully saturated rings. The number of aliphatic imine (C=N–C) groups is 1. The summed E-state index contributed by atoms with van der Waals surface area (Å²) in [6.45, 7) is 5.50. The number of guanidine groups is 1. The Morgan fingerprint density at radius 3 is 2.50 bits per heavy atom. The molecule has 0 radical (unpaired) electrons. The first-order chi connectivity index (χ1) is 13.5. The lowest BCUT2D eigenvalue weighted by Gasteiger charge is -2.28. The smallest absolute Gasteiger partial charge is 0.192 e. The number of ether oxygens (including phenoxy) is 1. The molecule has 0 aliphatic heterocycles. The zero-order valence-corrected chi connectivity index (χ0v) is 17.4. The summed E-state index contributed by atoms with van der Waals surface area (Å²) in [5, 5.41) is 15.4. The van der Waals surface area contributed by atoms with Gasteiger partial charge in [-0.25, -0.2) is 4.99 Å². The Bertz CT molecular complexity index is 775. The second-order valence-corrected chi connectivity index (χ2v) is 7.69. The van der Waals surface area contributed by atoms with Crippen molar-refractivity contribution in [2.75, 3.05) is 7.11 Å². The van der Waals surface area contributed by atoms with Gasteiger partial charge in [-0.2, -0.15) is 0 Å². The van der Waals surface area contributed by atoms with E-state index in [9.17, 15) is 0 Å². The van der Waals surface area contributed by atoms with Crippen LogP contribution in [-0.4, -0.2) is 33.9 Å². The predicted molar refractivity (Wildman–Crippen MR) is 111 cm³/mol. The van der Waals surface area contributed by atoms with Crippen LogP contribution in [-0.2, 0) is 20.1 Å². The summed E-state index contributed by atoms with van der Waals surface area (Å²) >= 11 is 0. The van der Waals surface area contributed by atoms with Crippen LogP contribution in [0.15, 0.2) is 29.3 Å². The standard InChI is InChI=1S/C21H32N6O/c1-15-5-9-18(10-6-15)24-21(23-14-20-26-25-16(2)27(20)3)22-13-17-7-11-19(28-4)12-8-17/h7-8,11-12,15,18H,5-6,9-10,13-14H2,1-4H3,(H2,22,23,24). The fraction of sp³-hybridized carbons (Fsp3) is 0.571. The average molecular weight is 385 g/mol. The van der Waals surface area contributed by atoms with Crippen LogP contribution >= 0.6 is 0 Å². The van der Waals surface area contributed by atoms with Crippen LogP contribution < -0.4 is 15.4 Å². The van der Waals surface area contributed by atoms with Gasteiger partial charge >= 0.3 is 0 Å². The van der Waals surface area contributed by atoms with Crippen LogP contribution in [0, 0.1) is 12.8 Å². The number of aromatic nitrogens is 3. The summed E-state index contributed by atoms with van der Waals surface area (Å²) in [5.41, 5.74) is 1.15. The van der Waals surface area contributed by atoms with Crippen LogP contribution in [0.5, 0.6) is 5.75 Å². The Morgan fingerprint density at radius 2 is 1.89 bits per heavy atom. The molecule has 0 spiro atoms. The molecule has 7 nitrogen and oxygen atoms in total. The number of rotatable bonds is 6. The molecular formula is C21H32N6O. The quantitative estimate of drug-likeness (QED) is 0.592. The molecule has 1 saturated carbocycles. The highest BCUT2D eigenvalue weighted by molar-refractivity contribution is 5.80. The molecule has 0 amide bonds. The van der Waals surface area contributed by atoms with E-state index in [-0.39, 0.29) is 0 Å². The van der Waals surface area contributed by atoms with Crippen LogP contribution in [0.4, 0.5) is 0 Å². The third-order valence-electron chi connectivity index (χ3n) is 5.53. The molecule has 1 aromatic heterocycles. The Morgan fingerprint density at radius 1 is 1.18 bits per heavy atom. The van der Waals surface area contributed by atoms with E-state index < -0.39 is 0 Å². The number of hydrogen-bond acceptors (Lipinski definition) is 4. The van der Waals surface area contributed by atoms with E-state index in [2.05, 4.69) is 27.8 Å². The lowest BCUT2D eigenvalue weighted by atomic mass is 9.87. The molecule has 1 aliphatic rings. The van der Waals surface area contributed by atoms with Gasteiger partial charge in [-0.3, -0.25) is 0 Å². The molecule has 0 saturated heterocycles. The van der Waals surface area contributed by atoms with Crippen molar-refractivity contribution >= 4 is 5.96 Å². The summed E-state index contributed by atoms with van der Waals surface area (Å²) in [7, 11) is 3.66. The molecule has 1 heterocycles. The summed E-state index contributed by atoms with van der Waals surface area (Å²) < 4.78 is 7.23. The molecule has 28 heavy (non-hydrogen) atoms. The first-order valence-electron chi connectivity index (χ1n) is 10.1. The predicted octanol–water partition coefficient (Wildman–Crippen LogP) is 2.95. The normalized spacial score (nSPS) is 20.1. The van der Waals surface area contributed by atoms with E-state index in [4.69, 9.17) is 9.73 Å². The number of aryl methyl sites for hydroxylation is 1. The molecule has 0 atom stereocenters. The fourth-order valence-corrected chi connectivity index (χ4v) is 3.42. The minimum Gasteiger partial charge on any atom is -0.497 e. The first-order valence-corrected chi connectivity index (χ1v) is 10.1. The van der Waals surface area contributed by atoms with Crippen molar-refractivity contribution in [2.45, 2.75) is 58.7 Å². The molecule has 3 rings (SSSR count). The summed E-state index contributed by atoms with van der Waals surface area (Å²) in [4.78, 5) is 4.81. The average Bonchev–Trinajstić information content (AvgIpc) is 3.04. The second-order valence-electron chi connectivity index (χ2n) is 7.69. The summed E-state index contributed by atoms with van der Waals surface area (Å²) in [6.07, 6.45) is 4.92. The molecule has 2 aromatic rings. The van der Waals surface area contributed by atoms with Gasteiger partial charge in [0.25, 0.3) is 0 Å². The van der Waals surface area contributed by atoms with E-state index in [0.29, 0.717) is 19.1 Å². The maximum absolute atomic E-state index is 5.23. The topological polar surface area (TPSA) is 76.4 Å². The molecule has 0 bridgehead atoms. The highest BCUT2D eigenvalue weighted by atomic mass is 16.5. The van der Waals surface area contributed by atoms with Crippen LogP contribution in [0.1, 0.15) is 49.8 Å². The Labute approximate surface area is 167 Å². The summed E-state index contributed by atoms with van der Waals surface area (Å²) in [6, 6.07) is 8.51. The number of nitrogens with one attached hydrogen (secondary N) is 2. The highest BCUT2D eigenvalue weighted by Crippen LogP contribution is 2.23. The zero-order valence-electron chi connectivity index (χ0n) is 17.4. The molecule has 1 aliphatic carbocycles. The van der Waals surface area contributed by atoms with E-state index >= 15 is 0 Å². The van der Waals surface area contributed by atoms with Crippen molar-refractivity contribution in [3.05, 3.63) is 41.5 Å². The van der Waals surface area contributed by atoms with Crippen LogP contribution in [0.25, 0.3) is 0 Å². The second kappa shape index (κ2) is 9.57. The minimum absolute atomic E-state index is 0.472. The monoisotopic (exact) mass is 384 g/mol. The van der Waals surface area contributed by atoms with Crippen molar-refractivity contribution in [2.24, 2.45) is 18.0 Å². The first kappa shape index (κ1) is 20.2. The molecule has 2 N–H and O–H groups in total. The van der Waals surface area contributed by atoms with E-state index in [0.717, 1.165) is 34.8 Å². The Hall–Kier alpha value is -2.57. The lowest BCUT2D eigenvalue weighted by Crippen LogP contribution is -2.44. The minimum atomic E-state index is 0.472. The van der Waals surface area contributed by atoms with Gasteiger partial charge in [0.1, 0.15) is 11.6 Å².